The van der Waals surface area contributed by atoms with Gasteiger partial charge in [0.15, 0.2) is 0 Å². The quantitative estimate of drug-likeness (QED) is 0.738. The second kappa shape index (κ2) is 8.73. The van der Waals surface area contributed by atoms with Gasteiger partial charge in [0.1, 0.15) is 0 Å². The maximum atomic E-state index is 12.8. The molecule has 0 saturated carbocycles. The van der Waals surface area contributed by atoms with Crippen LogP contribution in [-0.2, 0) is 17.6 Å². The number of nitrogens with zero attached hydrogens (tertiary/aromatic N) is 3. The molecule has 1 aliphatic carbocycles. The smallest absolute Gasteiger partial charge is 0.227 e. The Kier molecular flexibility index (Phi) is 5.67. The highest BCUT2D eigenvalue weighted by Gasteiger charge is 2.40. The molecule has 30 heavy (non-hydrogen) atoms. The fraction of sp³-hybridized carbons (Fsp3) is 0.462. The molecular weight excluding hydrogens is 370 g/mol. The third kappa shape index (κ3) is 4.20. The molecule has 1 aromatic heterocycles. The van der Waals surface area contributed by atoms with Crippen LogP contribution in [0.4, 0.5) is 0 Å². The largest absolute Gasteiger partial charge is 0.341 e. The first kappa shape index (κ1) is 19.5. The molecule has 0 radical (unpaired) electrons. The second-order valence-electron chi connectivity index (χ2n) is 9.09. The highest BCUT2D eigenvalue weighted by atomic mass is 16.2. The Hall–Kier alpha value is -2.46. The van der Waals surface area contributed by atoms with E-state index in [-0.39, 0.29) is 5.91 Å². The third-order valence-corrected chi connectivity index (χ3v) is 7.11. The zero-order valence-corrected chi connectivity index (χ0v) is 17.7. The Morgan fingerprint density at radius 1 is 1.03 bits per heavy atom. The first-order valence-corrected chi connectivity index (χ1v) is 11.4. The molecule has 4 nitrogen and oxygen atoms in total. The summed E-state index contributed by atoms with van der Waals surface area (Å²) in [7, 11) is 0. The van der Waals surface area contributed by atoms with Gasteiger partial charge in [-0.25, -0.2) is 0 Å². The van der Waals surface area contributed by atoms with Crippen LogP contribution in [0.2, 0.25) is 0 Å². The number of benzene rings is 1. The summed E-state index contributed by atoms with van der Waals surface area (Å²) >= 11 is 0. The third-order valence-electron chi connectivity index (χ3n) is 7.11. The van der Waals surface area contributed by atoms with E-state index in [1.54, 1.807) is 12.4 Å². The fourth-order valence-electron chi connectivity index (χ4n) is 5.37. The van der Waals surface area contributed by atoms with Gasteiger partial charge in [0, 0.05) is 37.9 Å². The number of amides is 1. The Labute approximate surface area is 179 Å². The number of hydrogen-bond acceptors (Lipinski definition) is 3. The number of carbonyl (C=O) groups is 1. The van der Waals surface area contributed by atoms with Gasteiger partial charge in [-0.15, -0.1) is 0 Å². The van der Waals surface area contributed by atoms with Gasteiger partial charge < -0.3 is 9.80 Å². The number of fused-ring (bicyclic) bond motifs is 1. The normalized spacial score (nSPS) is 23.6. The molecule has 2 atom stereocenters. The maximum Gasteiger partial charge on any atom is 0.227 e. The summed E-state index contributed by atoms with van der Waals surface area (Å²) in [5, 5.41) is 0. The van der Waals surface area contributed by atoms with Gasteiger partial charge in [-0.1, -0.05) is 36.4 Å². The van der Waals surface area contributed by atoms with E-state index >= 15 is 0 Å². The van der Waals surface area contributed by atoms with E-state index in [1.165, 1.54) is 49.2 Å². The van der Waals surface area contributed by atoms with Gasteiger partial charge in [0.25, 0.3) is 0 Å². The minimum absolute atomic E-state index is 0.231. The van der Waals surface area contributed by atoms with E-state index in [1.807, 2.05) is 12.1 Å². The van der Waals surface area contributed by atoms with E-state index in [4.69, 9.17) is 0 Å². The number of aromatic nitrogens is 1. The van der Waals surface area contributed by atoms with E-state index < -0.39 is 0 Å². The van der Waals surface area contributed by atoms with Gasteiger partial charge in [0.2, 0.25) is 5.91 Å². The number of pyridine rings is 1. The van der Waals surface area contributed by atoms with Gasteiger partial charge in [-0.2, -0.15) is 0 Å². The zero-order valence-electron chi connectivity index (χ0n) is 17.7. The standard InChI is InChI=1S/C26H31N3O/c30-26(16-21-4-3-12-27-17-21)29-18-23-9-10-24(25(23)19-29)22-7-5-20(6-8-22)11-15-28-13-1-2-14-28/h3-8,10,12,17,23,25H,1-2,9,11,13-16,18-19H2. The summed E-state index contributed by atoms with van der Waals surface area (Å²) in [5.74, 6) is 1.29. The lowest BCUT2D eigenvalue weighted by atomic mass is 9.90. The maximum absolute atomic E-state index is 12.8. The van der Waals surface area contributed by atoms with Crippen LogP contribution >= 0.6 is 0 Å². The van der Waals surface area contributed by atoms with Crippen molar-refractivity contribution in [2.75, 3.05) is 32.7 Å². The predicted octanol–water partition coefficient (Wildman–Crippen LogP) is 3.82. The molecule has 0 bridgehead atoms. The molecular formula is C26H31N3O. The van der Waals surface area contributed by atoms with E-state index in [9.17, 15) is 4.79 Å². The van der Waals surface area contributed by atoms with Crippen molar-refractivity contribution in [1.29, 1.82) is 0 Å². The Morgan fingerprint density at radius 3 is 2.63 bits per heavy atom. The lowest BCUT2D eigenvalue weighted by molar-refractivity contribution is -0.129. The van der Waals surface area contributed by atoms with Crippen molar-refractivity contribution in [2.45, 2.75) is 32.1 Å². The molecule has 3 aliphatic rings. The zero-order chi connectivity index (χ0) is 20.3. The molecule has 0 spiro atoms. The van der Waals surface area contributed by atoms with Crippen molar-refractivity contribution in [2.24, 2.45) is 11.8 Å². The summed E-state index contributed by atoms with van der Waals surface area (Å²) in [6.45, 7) is 5.46. The summed E-state index contributed by atoms with van der Waals surface area (Å²) in [6, 6.07) is 13.1. The van der Waals surface area contributed by atoms with Crippen molar-refractivity contribution < 1.29 is 4.79 Å². The average molecular weight is 402 g/mol. The molecule has 1 aromatic carbocycles. The average Bonchev–Trinajstić information content (AvgIpc) is 3.51. The summed E-state index contributed by atoms with van der Waals surface area (Å²) in [6.07, 6.45) is 11.4. The van der Waals surface area contributed by atoms with Crippen molar-refractivity contribution in [3.63, 3.8) is 0 Å². The van der Waals surface area contributed by atoms with Crippen LogP contribution in [0.5, 0.6) is 0 Å². The predicted molar refractivity (Wildman–Crippen MR) is 120 cm³/mol. The molecule has 2 aliphatic heterocycles. The molecule has 2 fully saturated rings. The molecule has 0 N–H and O–H groups in total. The number of hydrogen-bond donors (Lipinski definition) is 0. The van der Waals surface area contributed by atoms with Gasteiger partial charge in [0.05, 0.1) is 6.42 Å². The van der Waals surface area contributed by atoms with Crippen molar-refractivity contribution >= 4 is 11.5 Å². The lowest BCUT2D eigenvalue weighted by Crippen LogP contribution is -2.30. The molecule has 4 heteroatoms. The number of carbonyl (C=O) groups excluding carboxylic acids is 1. The Bertz CT molecular complexity index is 900. The van der Waals surface area contributed by atoms with Crippen molar-refractivity contribution in [3.8, 4) is 0 Å². The monoisotopic (exact) mass is 401 g/mol. The molecule has 156 valence electrons. The van der Waals surface area contributed by atoms with Gasteiger partial charge in [-0.3, -0.25) is 9.78 Å². The molecule has 3 heterocycles. The van der Waals surface area contributed by atoms with Crippen LogP contribution in [0.25, 0.3) is 5.57 Å². The molecule has 2 aromatic rings. The van der Waals surface area contributed by atoms with E-state index in [0.717, 1.165) is 31.5 Å². The van der Waals surface area contributed by atoms with Crippen LogP contribution in [0.1, 0.15) is 36.0 Å². The number of rotatable bonds is 6. The highest BCUT2D eigenvalue weighted by molar-refractivity contribution is 5.80. The molecule has 2 saturated heterocycles. The lowest BCUT2D eigenvalue weighted by Gasteiger charge is -2.18. The Morgan fingerprint density at radius 2 is 1.87 bits per heavy atom. The van der Waals surface area contributed by atoms with Crippen molar-refractivity contribution in [1.82, 2.24) is 14.8 Å². The minimum atomic E-state index is 0.231. The summed E-state index contributed by atoms with van der Waals surface area (Å²) < 4.78 is 0. The highest BCUT2D eigenvalue weighted by Crippen LogP contribution is 2.43. The fourth-order valence-corrected chi connectivity index (χ4v) is 5.37. The van der Waals surface area contributed by atoms with Gasteiger partial charge in [-0.05, 0) is 73.0 Å². The Balaban J connectivity index is 1.19. The molecule has 5 rings (SSSR count). The van der Waals surface area contributed by atoms with E-state index in [2.05, 4.69) is 45.1 Å². The van der Waals surface area contributed by atoms with Crippen LogP contribution in [0, 0.1) is 11.8 Å². The number of allylic oxidation sites excluding steroid dienone is 1. The first-order valence-electron chi connectivity index (χ1n) is 11.4. The second-order valence-corrected chi connectivity index (χ2v) is 9.09. The van der Waals surface area contributed by atoms with Crippen LogP contribution in [0.15, 0.2) is 54.9 Å². The van der Waals surface area contributed by atoms with Crippen molar-refractivity contribution in [3.05, 3.63) is 71.6 Å². The minimum Gasteiger partial charge on any atom is -0.341 e. The van der Waals surface area contributed by atoms with Crippen LogP contribution < -0.4 is 0 Å². The first-order chi connectivity index (χ1) is 14.8. The SMILES string of the molecule is O=C(Cc1cccnc1)N1CC2CC=C(c3ccc(CCN4CCCC4)cc3)C2C1. The summed E-state index contributed by atoms with van der Waals surface area (Å²) in [4.78, 5) is 21.6. The van der Waals surface area contributed by atoms with E-state index in [0.29, 0.717) is 18.3 Å². The molecule has 2 unspecified atom stereocenters. The molecule has 1 amide bonds. The number of likely N-dealkylation sites (tertiary alicyclic amines) is 2. The topological polar surface area (TPSA) is 36.4 Å². The summed E-state index contributed by atoms with van der Waals surface area (Å²) in [5.41, 5.74) is 5.22. The van der Waals surface area contributed by atoms with Crippen LogP contribution in [-0.4, -0.2) is 53.4 Å². The van der Waals surface area contributed by atoms with Crippen LogP contribution in [0.3, 0.4) is 0 Å². The van der Waals surface area contributed by atoms with Gasteiger partial charge >= 0.3 is 0 Å².